The zero-order chi connectivity index (χ0) is 19.3. The van der Waals surface area contributed by atoms with E-state index in [1.54, 1.807) is 12.1 Å². The minimum absolute atomic E-state index is 0.0959. The van der Waals surface area contributed by atoms with Crippen LogP contribution in [0.4, 0.5) is 0 Å². The second-order valence-corrected chi connectivity index (χ2v) is 8.04. The molecule has 1 aromatic carbocycles. The van der Waals surface area contributed by atoms with E-state index >= 15 is 0 Å². The predicted molar refractivity (Wildman–Crippen MR) is 101 cm³/mol. The fourth-order valence-electron chi connectivity index (χ4n) is 5.27. The smallest absolute Gasteiger partial charge is 0.189 e. The summed E-state index contributed by atoms with van der Waals surface area (Å²) in [4.78, 5) is 2.29. The lowest BCUT2D eigenvalue weighted by atomic mass is 9.53. The molecule has 0 spiro atoms. The van der Waals surface area contributed by atoms with Crippen LogP contribution in [0.5, 0.6) is 0 Å². The molecule has 1 aliphatic carbocycles. The standard InChI is InChI=1S/C21H18ClN5/c1-27-14-6-7-17(27)18-15(8-14)16(9-23)20(26)21(10-24,11-25)19(18)12-2-4-13(22)5-3-12/h2-5,8,14,16-19,26H,6-7H2,1H3/t14-,16?,17+,18+,19+/m1/s1. The van der Waals surface area contributed by atoms with Crippen molar-refractivity contribution >= 4 is 17.3 Å². The molecule has 5 nitrogen and oxygen atoms in total. The van der Waals surface area contributed by atoms with E-state index in [1.165, 1.54) is 0 Å². The van der Waals surface area contributed by atoms with E-state index in [2.05, 4.69) is 36.2 Å². The van der Waals surface area contributed by atoms with Crippen LogP contribution >= 0.6 is 11.6 Å². The number of benzene rings is 1. The Kier molecular flexibility index (Phi) is 4.08. The Morgan fingerprint density at radius 1 is 1.15 bits per heavy atom. The van der Waals surface area contributed by atoms with Gasteiger partial charge in [-0.1, -0.05) is 29.8 Å². The summed E-state index contributed by atoms with van der Waals surface area (Å²) >= 11 is 6.05. The third-order valence-corrected chi connectivity index (χ3v) is 6.82. The van der Waals surface area contributed by atoms with Crippen LogP contribution < -0.4 is 0 Å². The van der Waals surface area contributed by atoms with E-state index in [4.69, 9.17) is 17.0 Å². The van der Waals surface area contributed by atoms with Crippen LogP contribution in [-0.2, 0) is 0 Å². The van der Waals surface area contributed by atoms with Crippen molar-refractivity contribution in [1.82, 2.24) is 4.90 Å². The highest BCUT2D eigenvalue weighted by molar-refractivity contribution is 6.30. The molecule has 1 saturated heterocycles. The lowest BCUT2D eigenvalue weighted by Gasteiger charge is -2.50. The Balaban J connectivity index is 1.99. The second-order valence-electron chi connectivity index (χ2n) is 7.61. The van der Waals surface area contributed by atoms with Gasteiger partial charge >= 0.3 is 0 Å². The minimum Gasteiger partial charge on any atom is -0.305 e. The van der Waals surface area contributed by atoms with Gasteiger partial charge in [-0.2, -0.15) is 15.8 Å². The van der Waals surface area contributed by atoms with Crippen molar-refractivity contribution in [3.8, 4) is 18.2 Å². The monoisotopic (exact) mass is 375 g/mol. The second kappa shape index (κ2) is 6.21. The molecule has 134 valence electrons. The van der Waals surface area contributed by atoms with Crippen molar-refractivity contribution in [2.45, 2.75) is 30.8 Å². The first-order chi connectivity index (χ1) is 13.0. The van der Waals surface area contributed by atoms with Crippen molar-refractivity contribution < 1.29 is 0 Å². The van der Waals surface area contributed by atoms with Crippen LogP contribution in [0.25, 0.3) is 0 Å². The Morgan fingerprint density at radius 3 is 2.41 bits per heavy atom. The first kappa shape index (κ1) is 17.7. The molecule has 0 radical (unpaired) electrons. The van der Waals surface area contributed by atoms with E-state index < -0.39 is 17.3 Å². The third-order valence-electron chi connectivity index (χ3n) is 6.57. The van der Waals surface area contributed by atoms with Gasteiger partial charge in [0.05, 0.1) is 23.9 Å². The molecule has 2 aliphatic heterocycles. The first-order valence-electron chi connectivity index (χ1n) is 8.98. The molecule has 4 rings (SSSR count). The average molecular weight is 376 g/mol. The van der Waals surface area contributed by atoms with Gasteiger partial charge in [-0.25, -0.2) is 0 Å². The summed E-state index contributed by atoms with van der Waals surface area (Å²) in [6, 6.07) is 14.1. The Labute approximate surface area is 163 Å². The maximum Gasteiger partial charge on any atom is 0.189 e. The van der Waals surface area contributed by atoms with Gasteiger partial charge in [0, 0.05) is 28.9 Å². The molecule has 6 heteroatoms. The largest absolute Gasteiger partial charge is 0.305 e. The van der Waals surface area contributed by atoms with Gasteiger partial charge in [0.15, 0.2) is 5.41 Å². The van der Waals surface area contributed by atoms with E-state index in [9.17, 15) is 15.8 Å². The molecular weight excluding hydrogens is 358 g/mol. The van der Waals surface area contributed by atoms with Crippen molar-refractivity contribution in [2.75, 3.05) is 7.05 Å². The first-order valence-corrected chi connectivity index (χ1v) is 9.36. The SMILES string of the molecule is CN1[C@H]2C=C3C(C#N)C(=N)C(C#N)(C#N)[C@@H](c4ccc(Cl)cc4)[C@@H]3[C@@H]1CC2. The molecular formula is C21H18ClN5. The predicted octanol–water partition coefficient (Wildman–Crippen LogP) is 3.65. The highest BCUT2D eigenvalue weighted by atomic mass is 35.5. The summed E-state index contributed by atoms with van der Waals surface area (Å²) in [5.74, 6) is -1.46. The van der Waals surface area contributed by atoms with Crippen LogP contribution in [0.15, 0.2) is 35.9 Å². The van der Waals surface area contributed by atoms with Gasteiger partial charge in [0.2, 0.25) is 0 Å². The summed E-state index contributed by atoms with van der Waals surface area (Å²) in [6.45, 7) is 0. The third kappa shape index (κ3) is 2.28. The Bertz CT molecular complexity index is 944. The Hall–Kier alpha value is -2.65. The minimum atomic E-state index is -1.66. The van der Waals surface area contributed by atoms with Crippen molar-refractivity contribution in [3.05, 3.63) is 46.5 Å². The van der Waals surface area contributed by atoms with Crippen LogP contribution in [0.3, 0.4) is 0 Å². The zero-order valence-corrected chi connectivity index (χ0v) is 15.6. The Morgan fingerprint density at radius 2 is 1.81 bits per heavy atom. The summed E-state index contributed by atoms with van der Waals surface area (Å²) < 4.78 is 0. The summed E-state index contributed by atoms with van der Waals surface area (Å²) in [5.41, 5.74) is -0.0270. The number of nitrogens with zero attached hydrogens (tertiary/aromatic N) is 4. The fraction of sp³-hybridized carbons (Fsp3) is 0.429. The van der Waals surface area contributed by atoms with Crippen LogP contribution in [0, 0.1) is 56.7 Å². The fourth-order valence-corrected chi connectivity index (χ4v) is 5.40. The summed E-state index contributed by atoms with van der Waals surface area (Å²) in [6.07, 6.45) is 4.05. The van der Waals surface area contributed by atoms with E-state index in [-0.39, 0.29) is 23.7 Å². The number of halogens is 1. The van der Waals surface area contributed by atoms with E-state index in [1.807, 2.05) is 12.1 Å². The number of fused-ring (bicyclic) bond motifs is 4. The molecule has 3 aliphatic rings. The quantitative estimate of drug-likeness (QED) is 0.757. The van der Waals surface area contributed by atoms with Gasteiger partial charge in [-0.15, -0.1) is 0 Å². The van der Waals surface area contributed by atoms with Gasteiger partial charge in [0.1, 0.15) is 5.92 Å². The molecule has 2 fully saturated rings. The highest BCUT2D eigenvalue weighted by Gasteiger charge is 2.61. The van der Waals surface area contributed by atoms with Crippen molar-refractivity contribution in [1.29, 1.82) is 21.2 Å². The number of nitriles is 3. The molecule has 0 amide bonds. The van der Waals surface area contributed by atoms with Crippen LogP contribution in [0.2, 0.25) is 5.02 Å². The molecule has 5 atom stereocenters. The number of likely N-dealkylation sites (N-methyl/N-ethyl adjacent to an activating group) is 1. The number of nitrogens with one attached hydrogen (secondary N) is 1. The molecule has 1 N–H and O–H groups in total. The average Bonchev–Trinajstić information content (AvgIpc) is 2.91. The normalized spacial score (nSPS) is 34.0. The lowest BCUT2D eigenvalue weighted by molar-refractivity contribution is 0.157. The molecule has 27 heavy (non-hydrogen) atoms. The lowest BCUT2D eigenvalue weighted by Crippen LogP contribution is -2.55. The van der Waals surface area contributed by atoms with Gasteiger partial charge in [-0.3, -0.25) is 4.90 Å². The number of hydrogen-bond donors (Lipinski definition) is 1. The van der Waals surface area contributed by atoms with Gasteiger partial charge < -0.3 is 5.41 Å². The molecule has 1 saturated carbocycles. The van der Waals surface area contributed by atoms with Crippen LogP contribution in [-0.4, -0.2) is 29.7 Å². The van der Waals surface area contributed by atoms with Crippen molar-refractivity contribution in [3.63, 3.8) is 0 Å². The maximum atomic E-state index is 10.1. The van der Waals surface area contributed by atoms with E-state index in [0.29, 0.717) is 5.02 Å². The molecule has 2 heterocycles. The topological polar surface area (TPSA) is 98.5 Å². The molecule has 0 aromatic heterocycles. The number of hydrogen-bond acceptors (Lipinski definition) is 5. The number of rotatable bonds is 1. The van der Waals surface area contributed by atoms with Crippen LogP contribution in [0.1, 0.15) is 24.3 Å². The highest BCUT2D eigenvalue weighted by Crippen LogP contribution is 2.57. The molecule has 2 bridgehead atoms. The zero-order valence-electron chi connectivity index (χ0n) is 14.9. The van der Waals surface area contributed by atoms with Gasteiger partial charge in [-0.05, 0) is 43.2 Å². The van der Waals surface area contributed by atoms with Gasteiger partial charge in [0.25, 0.3) is 0 Å². The summed E-state index contributed by atoms with van der Waals surface area (Å²) in [7, 11) is 2.07. The summed E-state index contributed by atoms with van der Waals surface area (Å²) in [5, 5.41) is 39.1. The van der Waals surface area contributed by atoms with Crippen molar-refractivity contribution in [2.24, 2.45) is 17.3 Å². The maximum absolute atomic E-state index is 10.1. The molecule has 1 aromatic rings. The molecule has 1 unspecified atom stereocenters. The van der Waals surface area contributed by atoms with E-state index in [0.717, 1.165) is 24.0 Å².